The summed E-state index contributed by atoms with van der Waals surface area (Å²) >= 11 is 0. The summed E-state index contributed by atoms with van der Waals surface area (Å²) in [6.07, 6.45) is 11.9. The Balaban J connectivity index is 2.11. The quantitative estimate of drug-likeness (QED) is 0.578. The van der Waals surface area contributed by atoms with Gasteiger partial charge in [0.2, 0.25) is 0 Å². The van der Waals surface area contributed by atoms with Gasteiger partial charge in [0.05, 0.1) is 0 Å². The molecule has 0 spiro atoms. The van der Waals surface area contributed by atoms with E-state index in [1.54, 1.807) is 0 Å². The first-order valence-corrected chi connectivity index (χ1v) is 6.72. The summed E-state index contributed by atoms with van der Waals surface area (Å²) in [6.45, 7) is 7.04. The van der Waals surface area contributed by atoms with Gasteiger partial charge in [0.15, 0.2) is 0 Å². The summed E-state index contributed by atoms with van der Waals surface area (Å²) in [4.78, 5) is 0. The molecule has 0 atom stereocenters. The topological polar surface area (TPSA) is 0 Å². The van der Waals surface area contributed by atoms with Crippen LogP contribution in [0.15, 0.2) is 0 Å². The van der Waals surface area contributed by atoms with Gasteiger partial charge in [0.25, 0.3) is 0 Å². The van der Waals surface area contributed by atoms with E-state index in [4.69, 9.17) is 0 Å². The van der Waals surface area contributed by atoms with Gasteiger partial charge in [-0.05, 0) is 24.2 Å². The molecule has 0 bridgehead atoms. The van der Waals surface area contributed by atoms with Gasteiger partial charge in [0, 0.05) is 0 Å². The van der Waals surface area contributed by atoms with E-state index in [2.05, 4.69) is 20.8 Å². The van der Waals surface area contributed by atoms with Crippen molar-refractivity contribution in [3.05, 3.63) is 0 Å². The second kappa shape index (κ2) is 6.48. The average Bonchev–Trinajstić information content (AvgIpc) is 2.16. The molecule has 0 aromatic heterocycles. The smallest absolute Gasteiger partial charge is 0.0412 e. The lowest BCUT2D eigenvalue weighted by molar-refractivity contribution is 0.233. The van der Waals surface area contributed by atoms with Crippen LogP contribution in [-0.4, -0.2) is 0 Å². The van der Waals surface area contributed by atoms with E-state index in [0.717, 1.165) is 17.8 Å². The first-order valence-electron chi connectivity index (χ1n) is 6.72. The molecule has 0 aromatic rings. The summed E-state index contributed by atoms with van der Waals surface area (Å²) in [6, 6.07) is 0. The lowest BCUT2D eigenvalue weighted by Crippen LogP contribution is -2.16. The van der Waals surface area contributed by atoms with Crippen molar-refractivity contribution < 1.29 is 0 Å². The van der Waals surface area contributed by atoms with E-state index in [1.807, 2.05) is 0 Å². The molecule has 0 nitrogen and oxygen atoms in total. The molecule has 0 amide bonds. The van der Waals surface area contributed by atoms with Crippen LogP contribution in [0.2, 0.25) is 0 Å². The minimum atomic E-state index is 0.909. The van der Waals surface area contributed by atoms with Gasteiger partial charge in [-0.3, -0.25) is 0 Å². The molecule has 0 heteroatoms. The van der Waals surface area contributed by atoms with Crippen LogP contribution in [0.25, 0.3) is 0 Å². The zero-order valence-corrected chi connectivity index (χ0v) is 10.4. The minimum Gasteiger partial charge on any atom is -0.0654 e. The Kier molecular flexibility index (Phi) is 5.59. The van der Waals surface area contributed by atoms with Crippen molar-refractivity contribution >= 4 is 0 Å². The fourth-order valence-electron chi connectivity index (χ4n) is 2.92. The van der Waals surface area contributed by atoms with Crippen LogP contribution in [0.3, 0.4) is 0 Å². The molecule has 14 heavy (non-hydrogen) atoms. The molecular weight excluding hydrogens is 168 g/mol. The van der Waals surface area contributed by atoms with Crippen molar-refractivity contribution in [1.29, 1.82) is 0 Å². The standard InChI is InChI=1S/C14H28/c1-4-5-6-13-7-9-14(10-8-13)11-12(2)3/h12-14H,4-11H2,1-3H3. The lowest BCUT2D eigenvalue weighted by atomic mass is 9.77. The zero-order chi connectivity index (χ0) is 10.4. The van der Waals surface area contributed by atoms with E-state index in [1.165, 1.54) is 51.4 Å². The number of hydrogen-bond acceptors (Lipinski definition) is 0. The summed E-state index contributed by atoms with van der Waals surface area (Å²) in [7, 11) is 0. The summed E-state index contributed by atoms with van der Waals surface area (Å²) in [5.74, 6) is 3.05. The zero-order valence-electron chi connectivity index (χ0n) is 10.4. The molecule has 0 aromatic carbocycles. The average molecular weight is 196 g/mol. The maximum Gasteiger partial charge on any atom is -0.0412 e. The monoisotopic (exact) mass is 196 g/mol. The van der Waals surface area contributed by atoms with Crippen molar-refractivity contribution in [1.82, 2.24) is 0 Å². The second-order valence-corrected chi connectivity index (χ2v) is 5.66. The molecule has 84 valence electrons. The highest BCUT2D eigenvalue weighted by atomic mass is 14.3. The Morgan fingerprint density at radius 1 is 1.00 bits per heavy atom. The van der Waals surface area contributed by atoms with Crippen molar-refractivity contribution in [3.8, 4) is 0 Å². The van der Waals surface area contributed by atoms with Crippen molar-refractivity contribution in [2.45, 2.75) is 72.1 Å². The van der Waals surface area contributed by atoms with E-state index in [0.29, 0.717) is 0 Å². The molecule has 1 saturated carbocycles. The first kappa shape index (κ1) is 12.1. The maximum absolute atomic E-state index is 2.36. The van der Waals surface area contributed by atoms with E-state index in [9.17, 15) is 0 Å². The molecule has 1 aliphatic carbocycles. The molecule has 0 N–H and O–H groups in total. The molecule has 0 heterocycles. The Bertz CT molecular complexity index is 129. The molecule has 0 unspecified atom stereocenters. The molecule has 0 aliphatic heterocycles. The van der Waals surface area contributed by atoms with Crippen LogP contribution in [0, 0.1) is 17.8 Å². The Hall–Kier alpha value is 0. The van der Waals surface area contributed by atoms with Crippen LogP contribution in [0.1, 0.15) is 72.1 Å². The third kappa shape index (κ3) is 4.48. The molecule has 0 radical (unpaired) electrons. The summed E-state index contributed by atoms with van der Waals surface area (Å²) < 4.78 is 0. The highest BCUT2D eigenvalue weighted by molar-refractivity contribution is 4.73. The first-order chi connectivity index (χ1) is 6.72. The molecule has 1 fully saturated rings. The van der Waals surface area contributed by atoms with E-state index >= 15 is 0 Å². The third-order valence-electron chi connectivity index (χ3n) is 3.74. The Labute approximate surface area is 90.5 Å². The SMILES string of the molecule is CCCCC1CCC(CC(C)C)CC1. The van der Waals surface area contributed by atoms with Gasteiger partial charge in [-0.1, -0.05) is 65.7 Å². The number of hydrogen-bond donors (Lipinski definition) is 0. The van der Waals surface area contributed by atoms with Crippen molar-refractivity contribution in [2.24, 2.45) is 17.8 Å². The highest BCUT2D eigenvalue weighted by Gasteiger charge is 2.20. The van der Waals surface area contributed by atoms with Gasteiger partial charge in [-0.15, -0.1) is 0 Å². The van der Waals surface area contributed by atoms with Gasteiger partial charge in [0.1, 0.15) is 0 Å². The molecule has 1 rings (SSSR count). The molecule has 0 saturated heterocycles. The third-order valence-corrected chi connectivity index (χ3v) is 3.74. The van der Waals surface area contributed by atoms with Gasteiger partial charge in [-0.2, -0.15) is 0 Å². The van der Waals surface area contributed by atoms with Crippen LogP contribution in [0.5, 0.6) is 0 Å². The fraction of sp³-hybridized carbons (Fsp3) is 1.00. The number of rotatable bonds is 5. The molecule has 1 aliphatic rings. The van der Waals surface area contributed by atoms with Crippen LogP contribution in [0.4, 0.5) is 0 Å². The lowest BCUT2D eigenvalue weighted by Gasteiger charge is -2.29. The van der Waals surface area contributed by atoms with Crippen LogP contribution in [-0.2, 0) is 0 Å². The van der Waals surface area contributed by atoms with Crippen molar-refractivity contribution in [2.75, 3.05) is 0 Å². The second-order valence-electron chi connectivity index (χ2n) is 5.66. The summed E-state index contributed by atoms with van der Waals surface area (Å²) in [5, 5.41) is 0. The van der Waals surface area contributed by atoms with Gasteiger partial charge in [-0.25, -0.2) is 0 Å². The van der Waals surface area contributed by atoms with Gasteiger partial charge >= 0.3 is 0 Å². The normalized spacial score (nSPS) is 28.3. The number of unbranched alkanes of at least 4 members (excludes halogenated alkanes) is 1. The van der Waals surface area contributed by atoms with Crippen molar-refractivity contribution in [3.63, 3.8) is 0 Å². The van der Waals surface area contributed by atoms with Gasteiger partial charge < -0.3 is 0 Å². The fourth-order valence-corrected chi connectivity index (χ4v) is 2.92. The van der Waals surface area contributed by atoms with E-state index < -0.39 is 0 Å². The van der Waals surface area contributed by atoms with Crippen LogP contribution < -0.4 is 0 Å². The molecular formula is C14H28. The Morgan fingerprint density at radius 3 is 2.07 bits per heavy atom. The predicted octanol–water partition coefficient (Wildman–Crippen LogP) is 5.03. The highest BCUT2D eigenvalue weighted by Crippen LogP contribution is 2.34. The maximum atomic E-state index is 2.36. The largest absolute Gasteiger partial charge is 0.0654 e. The Morgan fingerprint density at radius 2 is 1.57 bits per heavy atom. The van der Waals surface area contributed by atoms with E-state index in [-0.39, 0.29) is 0 Å². The predicted molar refractivity (Wildman–Crippen MR) is 64.4 cm³/mol. The summed E-state index contributed by atoms with van der Waals surface area (Å²) in [5.41, 5.74) is 0. The minimum absolute atomic E-state index is 0.909. The van der Waals surface area contributed by atoms with Crippen LogP contribution >= 0.6 is 0 Å².